The van der Waals surface area contributed by atoms with Gasteiger partial charge in [-0.3, -0.25) is 14.4 Å². The number of amides is 2. The summed E-state index contributed by atoms with van der Waals surface area (Å²) in [4.78, 5) is 35.5. The van der Waals surface area contributed by atoms with Gasteiger partial charge in [-0.25, -0.2) is 0 Å². The molecular formula is C18H18N2O4. The fourth-order valence-electron chi connectivity index (χ4n) is 2.05. The van der Waals surface area contributed by atoms with Gasteiger partial charge in [-0.05, 0) is 24.3 Å². The molecule has 0 radical (unpaired) electrons. The van der Waals surface area contributed by atoms with E-state index < -0.39 is 5.97 Å². The third kappa shape index (κ3) is 4.67. The first-order chi connectivity index (χ1) is 11.6. The molecule has 0 spiro atoms. The smallest absolute Gasteiger partial charge is 0.307 e. The Kier molecular flexibility index (Phi) is 6.08. The molecule has 0 aliphatic heterocycles. The maximum atomic E-state index is 12.2. The molecule has 0 aliphatic rings. The number of rotatable bonds is 6. The molecule has 0 aliphatic carbocycles. The van der Waals surface area contributed by atoms with E-state index >= 15 is 0 Å². The number of hydrogen-bond acceptors (Lipinski definition) is 4. The first-order valence-corrected chi connectivity index (χ1v) is 7.42. The molecule has 0 saturated heterocycles. The van der Waals surface area contributed by atoms with Crippen molar-refractivity contribution in [2.75, 3.05) is 19.0 Å². The van der Waals surface area contributed by atoms with Crippen LogP contribution in [0, 0.1) is 0 Å². The van der Waals surface area contributed by atoms with Crippen LogP contribution in [0.2, 0.25) is 0 Å². The van der Waals surface area contributed by atoms with Crippen molar-refractivity contribution in [3.05, 3.63) is 65.7 Å². The zero-order valence-electron chi connectivity index (χ0n) is 13.2. The monoisotopic (exact) mass is 326 g/mol. The van der Waals surface area contributed by atoms with Gasteiger partial charge in [0.15, 0.2) is 0 Å². The number of ether oxygens (including phenoxy) is 1. The Hall–Kier alpha value is -3.15. The molecule has 6 nitrogen and oxygen atoms in total. The summed E-state index contributed by atoms with van der Waals surface area (Å²) in [6.45, 7) is 0.159. The number of benzene rings is 2. The summed E-state index contributed by atoms with van der Waals surface area (Å²) >= 11 is 0. The van der Waals surface area contributed by atoms with Crippen molar-refractivity contribution in [1.29, 1.82) is 0 Å². The van der Waals surface area contributed by atoms with E-state index in [2.05, 4.69) is 15.4 Å². The predicted molar refractivity (Wildman–Crippen MR) is 89.8 cm³/mol. The normalized spacial score (nSPS) is 9.88. The second-order valence-electron chi connectivity index (χ2n) is 4.95. The molecule has 0 saturated carbocycles. The molecule has 24 heavy (non-hydrogen) atoms. The van der Waals surface area contributed by atoms with Crippen molar-refractivity contribution in [3.63, 3.8) is 0 Å². The van der Waals surface area contributed by atoms with Crippen LogP contribution in [0.4, 0.5) is 5.69 Å². The molecule has 2 aromatic rings. The molecule has 2 rings (SSSR count). The summed E-state index contributed by atoms with van der Waals surface area (Å²) in [5, 5.41) is 5.35. The van der Waals surface area contributed by atoms with E-state index in [1.165, 1.54) is 7.11 Å². The van der Waals surface area contributed by atoms with Gasteiger partial charge in [0.05, 0.1) is 24.8 Å². The Morgan fingerprint density at radius 3 is 2.29 bits per heavy atom. The zero-order valence-corrected chi connectivity index (χ0v) is 13.2. The molecule has 0 atom stereocenters. The fraction of sp³-hybridized carbons (Fsp3) is 0.167. The first-order valence-electron chi connectivity index (χ1n) is 7.42. The summed E-state index contributed by atoms with van der Waals surface area (Å²) in [5.41, 5.74) is 1.23. The highest BCUT2D eigenvalue weighted by Crippen LogP contribution is 2.16. The lowest BCUT2D eigenvalue weighted by molar-refractivity contribution is -0.140. The van der Waals surface area contributed by atoms with Crippen LogP contribution in [0.15, 0.2) is 54.6 Å². The standard InChI is InChI=1S/C18H18N2O4/c1-24-16(21)11-12-19-18(23)14-9-5-6-10-15(14)20-17(22)13-7-3-2-4-8-13/h2-10H,11-12H2,1H3,(H,19,23)(H,20,22). The van der Waals surface area contributed by atoms with Gasteiger partial charge in [0.2, 0.25) is 0 Å². The third-order valence-corrected chi connectivity index (χ3v) is 3.30. The Labute approximate surface area is 139 Å². The van der Waals surface area contributed by atoms with Crippen molar-refractivity contribution in [1.82, 2.24) is 5.32 Å². The number of hydrogen-bond donors (Lipinski definition) is 2. The van der Waals surface area contributed by atoms with Gasteiger partial charge in [0.25, 0.3) is 11.8 Å². The van der Waals surface area contributed by atoms with E-state index in [0.29, 0.717) is 16.8 Å². The average Bonchev–Trinajstić information content (AvgIpc) is 2.62. The van der Waals surface area contributed by atoms with Gasteiger partial charge in [-0.15, -0.1) is 0 Å². The lowest BCUT2D eigenvalue weighted by Crippen LogP contribution is -2.27. The highest BCUT2D eigenvalue weighted by molar-refractivity contribution is 6.09. The molecule has 0 bridgehead atoms. The maximum absolute atomic E-state index is 12.2. The van der Waals surface area contributed by atoms with Crippen LogP contribution in [0.3, 0.4) is 0 Å². The van der Waals surface area contributed by atoms with Crippen LogP contribution in [-0.2, 0) is 9.53 Å². The molecule has 0 unspecified atom stereocenters. The molecule has 0 fully saturated rings. The fourth-order valence-corrected chi connectivity index (χ4v) is 2.05. The van der Waals surface area contributed by atoms with Crippen molar-refractivity contribution in [2.24, 2.45) is 0 Å². The van der Waals surface area contributed by atoms with Gasteiger partial charge in [-0.1, -0.05) is 30.3 Å². The summed E-state index contributed by atoms with van der Waals surface area (Å²) in [7, 11) is 1.29. The van der Waals surface area contributed by atoms with Crippen molar-refractivity contribution < 1.29 is 19.1 Å². The number of carbonyl (C=O) groups excluding carboxylic acids is 3. The highest BCUT2D eigenvalue weighted by Gasteiger charge is 2.14. The van der Waals surface area contributed by atoms with Crippen molar-refractivity contribution in [3.8, 4) is 0 Å². The van der Waals surface area contributed by atoms with Crippen molar-refractivity contribution in [2.45, 2.75) is 6.42 Å². The number of nitrogens with one attached hydrogen (secondary N) is 2. The van der Waals surface area contributed by atoms with Gasteiger partial charge < -0.3 is 15.4 Å². The second kappa shape index (κ2) is 8.47. The molecule has 124 valence electrons. The lowest BCUT2D eigenvalue weighted by atomic mass is 10.1. The summed E-state index contributed by atoms with van der Waals surface area (Å²) in [6, 6.07) is 15.4. The van der Waals surface area contributed by atoms with Crippen LogP contribution >= 0.6 is 0 Å². The minimum atomic E-state index is -0.402. The Morgan fingerprint density at radius 2 is 1.58 bits per heavy atom. The van der Waals surface area contributed by atoms with E-state index in [4.69, 9.17) is 0 Å². The molecule has 0 aromatic heterocycles. The number of esters is 1. The van der Waals surface area contributed by atoms with Gasteiger partial charge in [0, 0.05) is 12.1 Å². The van der Waals surface area contributed by atoms with E-state index in [0.717, 1.165) is 0 Å². The Balaban J connectivity index is 2.05. The molecular weight excluding hydrogens is 308 g/mol. The van der Waals surface area contributed by atoms with Crippen LogP contribution in [0.5, 0.6) is 0 Å². The quantitative estimate of drug-likeness (QED) is 0.797. The lowest BCUT2D eigenvalue weighted by Gasteiger charge is -2.11. The minimum absolute atomic E-state index is 0.0841. The topological polar surface area (TPSA) is 84.5 Å². The highest BCUT2D eigenvalue weighted by atomic mass is 16.5. The van der Waals surface area contributed by atoms with Gasteiger partial charge in [-0.2, -0.15) is 0 Å². The van der Waals surface area contributed by atoms with Crippen LogP contribution in [-0.4, -0.2) is 31.4 Å². The Bertz CT molecular complexity index is 729. The largest absolute Gasteiger partial charge is 0.469 e. The second-order valence-corrected chi connectivity index (χ2v) is 4.95. The third-order valence-electron chi connectivity index (χ3n) is 3.30. The van der Waals surface area contributed by atoms with Crippen molar-refractivity contribution >= 4 is 23.5 Å². The Morgan fingerprint density at radius 1 is 0.917 bits per heavy atom. The van der Waals surface area contributed by atoms with Crippen LogP contribution < -0.4 is 10.6 Å². The van der Waals surface area contributed by atoms with E-state index in [-0.39, 0.29) is 24.8 Å². The first kappa shape index (κ1) is 17.2. The zero-order chi connectivity index (χ0) is 17.4. The molecule has 2 N–H and O–H groups in total. The van der Waals surface area contributed by atoms with E-state index in [1.54, 1.807) is 48.5 Å². The van der Waals surface area contributed by atoms with Gasteiger partial charge >= 0.3 is 5.97 Å². The summed E-state index contributed by atoms with van der Waals surface area (Å²) in [6.07, 6.45) is 0.0841. The minimum Gasteiger partial charge on any atom is -0.469 e. The molecule has 0 heterocycles. The SMILES string of the molecule is COC(=O)CCNC(=O)c1ccccc1NC(=O)c1ccccc1. The molecule has 6 heteroatoms. The average molecular weight is 326 g/mol. The maximum Gasteiger partial charge on any atom is 0.307 e. The van der Waals surface area contributed by atoms with Gasteiger partial charge in [0.1, 0.15) is 0 Å². The number of methoxy groups -OCH3 is 1. The van der Waals surface area contributed by atoms with Crippen LogP contribution in [0.25, 0.3) is 0 Å². The molecule has 2 aromatic carbocycles. The van der Waals surface area contributed by atoms with E-state index in [1.807, 2.05) is 6.07 Å². The molecule has 2 amide bonds. The predicted octanol–water partition coefficient (Wildman–Crippen LogP) is 2.23. The number of anilines is 1. The van der Waals surface area contributed by atoms with E-state index in [9.17, 15) is 14.4 Å². The summed E-state index contributed by atoms with van der Waals surface area (Å²) in [5.74, 6) is -1.07. The van der Waals surface area contributed by atoms with Crippen LogP contribution in [0.1, 0.15) is 27.1 Å². The number of carbonyl (C=O) groups is 3. The number of para-hydroxylation sites is 1. The summed E-state index contributed by atoms with van der Waals surface area (Å²) < 4.78 is 4.52.